The molecule has 1 fully saturated rings. The molecule has 0 bridgehead atoms. The van der Waals surface area contributed by atoms with Crippen LogP contribution >= 0.6 is 0 Å². The molecular formula is C16H20FN3O3. The number of nitrogens with zero attached hydrogens (tertiary/aromatic N) is 1. The quantitative estimate of drug-likeness (QED) is 0.776. The van der Waals surface area contributed by atoms with Gasteiger partial charge < -0.3 is 16.0 Å². The minimum absolute atomic E-state index is 0.222. The lowest BCUT2D eigenvalue weighted by Gasteiger charge is -2.29. The van der Waals surface area contributed by atoms with E-state index < -0.39 is 11.8 Å². The van der Waals surface area contributed by atoms with E-state index >= 15 is 0 Å². The van der Waals surface area contributed by atoms with Gasteiger partial charge in [-0.3, -0.25) is 14.4 Å². The molecule has 124 valence electrons. The molecule has 1 aromatic rings. The molecule has 0 radical (unpaired) electrons. The van der Waals surface area contributed by atoms with E-state index in [0.717, 1.165) is 5.56 Å². The van der Waals surface area contributed by atoms with E-state index in [-0.39, 0.29) is 17.6 Å². The number of hydrogen-bond acceptors (Lipinski definition) is 3. The fourth-order valence-electron chi connectivity index (χ4n) is 2.56. The van der Waals surface area contributed by atoms with Crippen LogP contribution in [0, 0.1) is 11.7 Å². The predicted molar refractivity (Wildman–Crippen MR) is 81.6 cm³/mol. The maximum absolute atomic E-state index is 12.8. The van der Waals surface area contributed by atoms with E-state index in [0.29, 0.717) is 38.9 Å². The van der Waals surface area contributed by atoms with Crippen molar-refractivity contribution < 1.29 is 18.8 Å². The molecule has 1 aliphatic heterocycles. The summed E-state index contributed by atoms with van der Waals surface area (Å²) in [5, 5.41) is 2.56. The van der Waals surface area contributed by atoms with Crippen molar-refractivity contribution in [3.63, 3.8) is 0 Å². The zero-order valence-electron chi connectivity index (χ0n) is 12.8. The molecule has 0 saturated carbocycles. The van der Waals surface area contributed by atoms with Crippen molar-refractivity contribution in [2.45, 2.75) is 19.3 Å². The zero-order valence-corrected chi connectivity index (χ0v) is 12.8. The smallest absolute Gasteiger partial charge is 0.311 e. The van der Waals surface area contributed by atoms with Crippen LogP contribution in [-0.4, -0.2) is 42.3 Å². The van der Waals surface area contributed by atoms with Gasteiger partial charge in [0.2, 0.25) is 5.91 Å². The number of primary amides is 1. The van der Waals surface area contributed by atoms with Crippen molar-refractivity contribution in [3.8, 4) is 0 Å². The fourth-order valence-corrected chi connectivity index (χ4v) is 2.56. The van der Waals surface area contributed by atoms with Crippen LogP contribution < -0.4 is 11.1 Å². The van der Waals surface area contributed by atoms with E-state index in [2.05, 4.69) is 5.32 Å². The highest BCUT2D eigenvalue weighted by atomic mass is 19.1. The van der Waals surface area contributed by atoms with Crippen LogP contribution in [-0.2, 0) is 20.8 Å². The third-order valence-electron chi connectivity index (χ3n) is 3.99. The summed E-state index contributed by atoms with van der Waals surface area (Å²) < 4.78 is 12.8. The Hall–Kier alpha value is -2.44. The Bertz CT molecular complexity index is 581. The van der Waals surface area contributed by atoms with Gasteiger partial charge in [0.15, 0.2) is 0 Å². The molecule has 0 aromatic heterocycles. The summed E-state index contributed by atoms with van der Waals surface area (Å²) in [6.45, 7) is 1.02. The van der Waals surface area contributed by atoms with Gasteiger partial charge in [-0.15, -0.1) is 0 Å². The highest BCUT2D eigenvalue weighted by Gasteiger charge is 2.28. The lowest BCUT2D eigenvalue weighted by Crippen LogP contribution is -2.48. The first-order valence-electron chi connectivity index (χ1n) is 7.58. The Morgan fingerprint density at radius 3 is 2.35 bits per heavy atom. The lowest BCUT2D eigenvalue weighted by atomic mass is 9.96. The highest BCUT2D eigenvalue weighted by Crippen LogP contribution is 2.16. The summed E-state index contributed by atoms with van der Waals surface area (Å²) in [5.41, 5.74) is 6.11. The largest absolute Gasteiger partial charge is 0.369 e. The molecule has 3 amide bonds. The Kier molecular flexibility index (Phi) is 5.67. The van der Waals surface area contributed by atoms with Gasteiger partial charge in [0, 0.05) is 25.6 Å². The number of carbonyl (C=O) groups is 3. The SMILES string of the molecule is NC(=O)C1CCN(C(=O)C(=O)NCCc2ccc(F)cc2)CC1. The van der Waals surface area contributed by atoms with Crippen molar-refractivity contribution in [2.75, 3.05) is 19.6 Å². The zero-order chi connectivity index (χ0) is 16.8. The summed E-state index contributed by atoms with van der Waals surface area (Å²) >= 11 is 0. The second-order valence-corrected chi connectivity index (χ2v) is 5.60. The van der Waals surface area contributed by atoms with Crippen molar-refractivity contribution in [1.82, 2.24) is 10.2 Å². The third kappa shape index (κ3) is 4.77. The molecule has 2 rings (SSSR count). The van der Waals surface area contributed by atoms with Crippen LogP contribution in [0.3, 0.4) is 0 Å². The van der Waals surface area contributed by atoms with Gasteiger partial charge in [-0.2, -0.15) is 0 Å². The van der Waals surface area contributed by atoms with Crippen LogP contribution in [0.5, 0.6) is 0 Å². The monoisotopic (exact) mass is 321 g/mol. The predicted octanol–water partition coefficient (Wildman–Crippen LogP) is 0.208. The first kappa shape index (κ1) is 16.9. The molecule has 1 saturated heterocycles. The van der Waals surface area contributed by atoms with E-state index in [1.807, 2.05) is 0 Å². The van der Waals surface area contributed by atoms with E-state index in [1.54, 1.807) is 12.1 Å². The number of likely N-dealkylation sites (tertiary alicyclic amines) is 1. The first-order chi connectivity index (χ1) is 11.0. The van der Waals surface area contributed by atoms with Gasteiger partial charge in [-0.05, 0) is 37.0 Å². The van der Waals surface area contributed by atoms with Crippen LogP contribution in [0.15, 0.2) is 24.3 Å². The maximum atomic E-state index is 12.8. The first-order valence-corrected chi connectivity index (χ1v) is 7.58. The Labute approximate surface area is 133 Å². The van der Waals surface area contributed by atoms with Gasteiger partial charge in [0.1, 0.15) is 5.82 Å². The minimum Gasteiger partial charge on any atom is -0.369 e. The Morgan fingerprint density at radius 2 is 1.78 bits per heavy atom. The Morgan fingerprint density at radius 1 is 1.17 bits per heavy atom. The number of piperidine rings is 1. The summed E-state index contributed by atoms with van der Waals surface area (Å²) in [4.78, 5) is 36.4. The molecule has 3 N–H and O–H groups in total. The maximum Gasteiger partial charge on any atom is 0.311 e. The van der Waals surface area contributed by atoms with Crippen LogP contribution in [0.2, 0.25) is 0 Å². The summed E-state index contributed by atoms with van der Waals surface area (Å²) in [5.74, 6) is -2.15. The molecule has 1 aliphatic rings. The summed E-state index contributed by atoms with van der Waals surface area (Å²) in [7, 11) is 0. The number of benzene rings is 1. The molecule has 0 spiro atoms. The van der Waals surface area contributed by atoms with Crippen LogP contribution in [0.4, 0.5) is 4.39 Å². The van der Waals surface area contributed by atoms with Crippen molar-refractivity contribution in [3.05, 3.63) is 35.6 Å². The molecule has 0 aliphatic carbocycles. The second-order valence-electron chi connectivity index (χ2n) is 5.60. The van der Waals surface area contributed by atoms with Gasteiger partial charge in [0.05, 0.1) is 0 Å². The molecule has 0 unspecified atom stereocenters. The van der Waals surface area contributed by atoms with Gasteiger partial charge >= 0.3 is 11.8 Å². The van der Waals surface area contributed by atoms with E-state index in [1.165, 1.54) is 17.0 Å². The standard InChI is InChI=1S/C16H20FN3O3/c17-13-3-1-11(2-4-13)5-8-19-15(22)16(23)20-9-6-12(7-10-20)14(18)21/h1-4,12H,5-10H2,(H2,18,21)(H,19,22). The molecule has 1 heterocycles. The number of nitrogens with one attached hydrogen (secondary N) is 1. The number of amides is 3. The minimum atomic E-state index is -0.662. The molecular weight excluding hydrogens is 301 g/mol. The molecule has 0 atom stereocenters. The number of hydrogen-bond donors (Lipinski definition) is 2. The number of halogens is 1. The van der Waals surface area contributed by atoms with Crippen molar-refractivity contribution >= 4 is 17.7 Å². The third-order valence-corrected chi connectivity index (χ3v) is 3.99. The summed E-state index contributed by atoms with van der Waals surface area (Å²) in [6.07, 6.45) is 1.50. The van der Waals surface area contributed by atoms with Crippen molar-refractivity contribution in [2.24, 2.45) is 11.7 Å². The van der Waals surface area contributed by atoms with E-state index in [4.69, 9.17) is 5.73 Å². The number of carbonyl (C=O) groups excluding carboxylic acids is 3. The van der Waals surface area contributed by atoms with Crippen LogP contribution in [0.1, 0.15) is 18.4 Å². The van der Waals surface area contributed by atoms with Gasteiger partial charge in [-0.1, -0.05) is 12.1 Å². The normalized spacial score (nSPS) is 15.3. The van der Waals surface area contributed by atoms with Gasteiger partial charge in [0.25, 0.3) is 0 Å². The Balaban J connectivity index is 1.74. The second kappa shape index (κ2) is 7.71. The highest BCUT2D eigenvalue weighted by molar-refractivity contribution is 6.35. The average Bonchev–Trinajstić information content (AvgIpc) is 2.56. The molecule has 7 heteroatoms. The van der Waals surface area contributed by atoms with E-state index in [9.17, 15) is 18.8 Å². The topological polar surface area (TPSA) is 92.5 Å². The van der Waals surface area contributed by atoms with Gasteiger partial charge in [-0.25, -0.2) is 4.39 Å². The lowest BCUT2D eigenvalue weighted by molar-refractivity contribution is -0.147. The van der Waals surface area contributed by atoms with Crippen LogP contribution in [0.25, 0.3) is 0 Å². The summed E-state index contributed by atoms with van der Waals surface area (Å²) in [6, 6.07) is 5.98. The molecule has 23 heavy (non-hydrogen) atoms. The number of rotatable bonds is 4. The molecule has 6 nitrogen and oxygen atoms in total. The molecule has 1 aromatic carbocycles. The van der Waals surface area contributed by atoms with Crippen molar-refractivity contribution in [1.29, 1.82) is 0 Å². The average molecular weight is 321 g/mol. The number of nitrogens with two attached hydrogens (primary N) is 1. The fraction of sp³-hybridized carbons (Fsp3) is 0.438.